The Morgan fingerprint density at radius 3 is 2.27 bits per heavy atom. The number of nitrogens with zero attached hydrogens (tertiary/aromatic N) is 3. The molecule has 0 unspecified atom stereocenters. The van der Waals surface area contributed by atoms with Crippen molar-refractivity contribution in [2.24, 2.45) is 9.63 Å². The van der Waals surface area contributed by atoms with Gasteiger partial charge in [0.2, 0.25) is 5.88 Å². The Morgan fingerprint density at radius 1 is 0.900 bits per heavy atom. The molecule has 30 heavy (non-hydrogen) atoms. The van der Waals surface area contributed by atoms with Crippen molar-refractivity contribution in [3.63, 3.8) is 0 Å². The second-order valence-corrected chi connectivity index (χ2v) is 8.82. The van der Waals surface area contributed by atoms with E-state index in [-0.39, 0.29) is 16.5 Å². The lowest BCUT2D eigenvalue weighted by Crippen LogP contribution is -1.98. The minimum Gasteiger partial charge on any atom is -0.493 e. The maximum Gasteiger partial charge on any atom is 0.299 e. The summed E-state index contributed by atoms with van der Waals surface area (Å²) in [6.07, 6.45) is 0. The average Bonchev–Trinajstić information content (AvgIpc) is 2.98. The van der Waals surface area contributed by atoms with E-state index < -0.39 is 10.0 Å². The summed E-state index contributed by atoms with van der Waals surface area (Å²) < 4.78 is 30.5. The van der Waals surface area contributed by atoms with E-state index in [1.165, 1.54) is 12.1 Å². The van der Waals surface area contributed by atoms with E-state index in [2.05, 4.69) is 9.63 Å². The Bertz CT molecular complexity index is 1340. The van der Waals surface area contributed by atoms with Crippen molar-refractivity contribution < 1.29 is 13.5 Å². The summed E-state index contributed by atoms with van der Waals surface area (Å²) in [6.45, 7) is 4.22. The van der Waals surface area contributed by atoms with Crippen LogP contribution in [-0.4, -0.2) is 18.1 Å². The van der Waals surface area contributed by atoms with Crippen LogP contribution in [0.15, 0.2) is 87.3 Å². The Labute approximate surface area is 175 Å². The number of rotatable bonds is 5. The molecule has 0 spiro atoms. The summed E-state index contributed by atoms with van der Waals surface area (Å²) in [5.41, 5.74) is 3.81. The molecule has 0 bridgehead atoms. The summed E-state index contributed by atoms with van der Waals surface area (Å²) in [5, 5.41) is 15.5. The molecular formula is C23H21N3O3S. The van der Waals surface area contributed by atoms with Gasteiger partial charge in [0.1, 0.15) is 0 Å². The molecule has 0 fully saturated rings. The van der Waals surface area contributed by atoms with E-state index in [0.29, 0.717) is 11.9 Å². The summed E-state index contributed by atoms with van der Waals surface area (Å²) in [7, 11) is -3.98. The molecule has 0 atom stereocenters. The van der Waals surface area contributed by atoms with E-state index in [0.717, 1.165) is 22.2 Å². The van der Waals surface area contributed by atoms with Crippen molar-refractivity contribution in [2.75, 3.05) is 0 Å². The summed E-state index contributed by atoms with van der Waals surface area (Å²) in [5.74, 6) is -0.123. The van der Waals surface area contributed by atoms with Gasteiger partial charge < -0.3 is 9.67 Å². The monoisotopic (exact) mass is 419 g/mol. The van der Waals surface area contributed by atoms with Crippen LogP contribution >= 0.6 is 0 Å². The van der Waals surface area contributed by atoms with Gasteiger partial charge in [-0.15, -0.1) is 5.11 Å². The summed E-state index contributed by atoms with van der Waals surface area (Å²) in [6, 6.07) is 21.8. The number of sulfonamides is 1. The zero-order valence-electron chi connectivity index (χ0n) is 16.6. The third-order valence-corrected chi connectivity index (χ3v) is 6.08. The molecule has 7 heteroatoms. The van der Waals surface area contributed by atoms with Crippen LogP contribution in [-0.2, 0) is 16.6 Å². The highest BCUT2D eigenvalue weighted by molar-refractivity contribution is 7.90. The number of aromatic nitrogens is 1. The van der Waals surface area contributed by atoms with Gasteiger partial charge in [-0.25, -0.2) is 0 Å². The van der Waals surface area contributed by atoms with Crippen LogP contribution in [0, 0.1) is 13.8 Å². The molecule has 152 valence electrons. The molecule has 0 saturated heterocycles. The second kappa shape index (κ2) is 7.76. The third kappa shape index (κ3) is 3.84. The van der Waals surface area contributed by atoms with Crippen LogP contribution in [0.3, 0.4) is 0 Å². The Hall–Kier alpha value is -3.45. The van der Waals surface area contributed by atoms with E-state index in [9.17, 15) is 13.5 Å². The first-order chi connectivity index (χ1) is 14.3. The van der Waals surface area contributed by atoms with Gasteiger partial charge in [-0.2, -0.15) is 8.42 Å². The molecule has 1 N–H and O–H groups in total. The topological polar surface area (TPSA) is 84.0 Å². The molecule has 0 aliphatic carbocycles. The molecule has 1 heterocycles. The maximum atomic E-state index is 12.6. The first-order valence-electron chi connectivity index (χ1n) is 9.45. The molecule has 4 rings (SSSR count). The highest BCUT2D eigenvalue weighted by atomic mass is 32.2. The smallest absolute Gasteiger partial charge is 0.299 e. The third-order valence-electron chi connectivity index (χ3n) is 4.92. The Morgan fingerprint density at radius 2 is 1.57 bits per heavy atom. The second-order valence-electron chi connectivity index (χ2n) is 7.23. The molecule has 0 saturated carbocycles. The minimum atomic E-state index is -3.98. The Kier molecular flexibility index (Phi) is 5.13. The molecule has 0 radical (unpaired) electrons. The zero-order valence-corrected chi connectivity index (χ0v) is 17.5. The van der Waals surface area contributed by atoms with Gasteiger partial charge in [0.25, 0.3) is 10.0 Å². The summed E-state index contributed by atoms with van der Waals surface area (Å²) in [4.78, 5) is 0.0561. The number of aryl methyl sites for hydroxylation is 2. The molecule has 1 aromatic heterocycles. The lowest BCUT2D eigenvalue weighted by molar-refractivity contribution is 0.429. The van der Waals surface area contributed by atoms with Crippen LogP contribution in [0.5, 0.6) is 5.88 Å². The first kappa shape index (κ1) is 19.8. The molecule has 4 aromatic rings. The van der Waals surface area contributed by atoms with Crippen LogP contribution in [0.2, 0.25) is 0 Å². The molecule has 0 amide bonds. The summed E-state index contributed by atoms with van der Waals surface area (Å²) >= 11 is 0. The number of aromatic hydroxyl groups is 1. The molecule has 0 aliphatic rings. The standard InChI is InChI=1S/C23H21N3O3S/c1-16-8-11-19(12-9-16)30(28,29)25-24-22-20-14-17(2)10-13-21(20)26(23(22)27)15-18-6-4-3-5-7-18/h3-14,27H,15H2,1-2H3. The van der Waals surface area contributed by atoms with Crippen LogP contribution in [0.4, 0.5) is 5.69 Å². The van der Waals surface area contributed by atoms with Crippen LogP contribution in [0.1, 0.15) is 16.7 Å². The van der Waals surface area contributed by atoms with E-state index in [1.807, 2.05) is 62.4 Å². The van der Waals surface area contributed by atoms with E-state index in [4.69, 9.17) is 0 Å². The molecule has 6 nitrogen and oxygen atoms in total. The normalized spacial score (nSPS) is 12.1. The lowest BCUT2D eigenvalue weighted by atomic mass is 10.1. The number of fused-ring (bicyclic) bond motifs is 1. The van der Waals surface area contributed by atoms with Gasteiger partial charge >= 0.3 is 0 Å². The van der Waals surface area contributed by atoms with E-state index in [1.54, 1.807) is 16.7 Å². The number of hydrogen-bond acceptors (Lipinski definition) is 4. The highest BCUT2D eigenvalue weighted by Gasteiger charge is 2.19. The maximum absolute atomic E-state index is 12.6. The van der Waals surface area contributed by atoms with Crippen molar-refractivity contribution in [3.8, 4) is 5.88 Å². The van der Waals surface area contributed by atoms with Gasteiger partial charge in [-0.05, 0) is 43.7 Å². The van der Waals surface area contributed by atoms with Gasteiger partial charge in [0.15, 0.2) is 5.69 Å². The fourth-order valence-corrected chi connectivity index (χ4v) is 4.08. The van der Waals surface area contributed by atoms with Crippen molar-refractivity contribution in [1.82, 2.24) is 4.57 Å². The number of benzene rings is 3. The van der Waals surface area contributed by atoms with Gasteiger partial charge in [-0.3, -0.25) is 0 Å². The number of hydrogen-bond donors (Lipinski definition) is 1. The van der Waals surface area contributed by atoms with Crippen molar-refractivity contribution in [3.05, 3.63) is 89.5 Å². The van der Waals surface area contributed by atoms with E-state index >= 15 is 0 Å². The highest BCUT2D eigenvalue weighted by Crippen LogP contribution is 2.40. The molecule has 3 aromatic carbocycles. The Balaban J connectivity index is 1.80. The van der Waals surface area contributed by atoms with Gasteiger partial charge in [-0.1, -0.05) is 64.2 Å². The fraction of sp³-hybridized carbons (Fsp3) is 0.130. The predicted molar refractivity (Wildman–Crippen MR) is 117 cm³/mol. The quantitative estimate of drug-likeness (QED) is 0.434. The van der Waals surface area contributed by atoms with Crippen molar-refractivity contribution in [2.45, 2.75) is 25.3 Å². The van der Waals surface area contributed by atoms with Crippen molar-refractivity contribution >= 4 is 26.6 Å². The van der Waals surface area contributed by atoms with Crippen LogP contribution < -0.4 is 0 Å². The fourth-order valence-electron chi connectivity index (χ4n) is 3.31. The molecule has 0 aliphatic heterocycles. The van der Waals surface area contributed by atoms with Crippen molar-refractivity contribution in [1.29, 1.82) is 0 Å². The largest absolute Gasteiger partial charge is 0.493 e. The SMILES string of the molecule is Cc1ccc(S(=O)(=O)N=Nc2c(O)n(Cc3ccccc3)c3ccc(C)cc23)cc1. The molecular weight excluding hydrogens is 398 g/mol. The van der Waals surface area contributed by atoms with Crippen LogP contribution in [0.25, 0.3) is 10.9 Å². The zero-order chi connectivity index (χ0) is 21.3. The van der Waals surface area contributed by atoms with Gasteiger partial charge in [0.05, 0.1) is 17.0 Å². The first-order valence-corrected chi connectivity index (χ1v) is 10.9. The van der Waals surface area contributed by atoms with Gasteiger partial charge in [0, 0.05) is 5.39 Å². The average molecular weight is 420 g/mol. The lowest BCUT2D eigenvalue weighted by Gasteiger charge is -2.07. The predicted octanol–water partition coefficient (Wildman–Crippen LogP) is 5.48. The minimum absolute atomic E-state index is 0.0561.